The topological polar surface area (TPSA) is 51.2 Å². The molecule has 3 heteroatoms. The molecule has 2 rings (SSSR count). The van der Waals surface area contributed by atoms with Crippen molar-refractivity contribution < 1.29 is 5.11 Å². The molecule has 2 aromatic rings. The van der Waals surface area contributed by atoms with Gasteiger partial charge in [-0.2, -0.15) is 0 Å². The molecule has 0 aliphatic heterocycles. The first kappa shape index (κ1) is 9.24. The first-order chi connectivity index (χ1) is 6.72. The Morgan fingerprint density at radius 3 is 2.93 bits per heavy atom. The minimum Gasteiger partial charge on any atom is -0.394 e. The summed E-state index contributed by atoms with van der Waals surface area (Å²) in [4.78, 5) is 0. The molecule has 0 bridgehead atoms. The van der Waals surface area contributed by atoms with Crippen LogP contribution in [0.5, 0.6) is 0 Å². The molecule has 14 heavy (non-hydrogen) atoms. The van der Waals surface area contributed by atoms with Gasteiger partial charge in [0.2, 0.25) is 0 Å². The van der Waals surface area contributed by atoms with Gasteiger partial charge < -0.3 is 15.4 Å². The van der Waals surface area contributed by atoms with Gasteiger partial charge in [-0.3, -0.25) is 0 Å². The normalized spacial score (nSPS) is 13.4. The van der Waals surface area contributed by atoms with E-state index in [1.165, 1.54) is 5.52 Å². The Labute approximate surface area is 82.8 Å². The molecule has 1 atom stereocenters. The summed E-state index contributed by atoms with van der Waals surface area (Å²) in [7, 11) is 2.01. The summed E-state index contributed by atoms with van der Waals surface area (Å²) in [6.45, 7) is -0.0155. The van der Waals surface area contributed by atoms with E-state index in [9.17, 15) is 0 Å². The van der Waals surface area contributed by atoms with Crippen LogP contribution in [-0.4, -0.2) is 16.3 Å². The molecule has 0 fully saturated rings. The zero-order valence-corrected chi connectivity index (χ0v) is 8.14. The van der Waals surface area contributed by atoms with Gasteiger partial charge in [0.25, 0.3) is 0 Å². The molecule has 0 spiro atoms. The average molecular weight is 190 g/mol. The number of nitrogens with zero attached hydrogens (tertiary/aromatic N) is 1. The highest BCUT2D eigenvalue weighted by molar-refractivity contribution is 5.80. The van der Waals surface area contributed by atoms with Crippen LogP contribution >= 0.6 is 0 Å². The molecular formula is C11H14N2O. The van der Waals surface area contributed by atoms with Gasteiger partial charge in [0, 0.05) is 18.8 Å². The third kappa shape index (κ3) is 1.41. The molecule has 0 unspecified atom stereocenters. The number of nitrogens with two attached hydrogens (primary N) is 1. The van der Waals surface area contributed by atoms with E-state index in [1.807, 2.05) is 37.5 Å². The molecule has 0 aliphatic rings. The smallest absolute Gasteiger partial charge is 0.0624 e. The lowest BCUT2D eigenvalue weighted by Gasteiger charge is -2.08. The molecule has 0 saturated carbocycles. The molecule has 1 aromatic heterocycles. The van der Waals surface area contributed by atoms with E-state index in [0.717, 1.165) is 10.9 Å². The number of aryl methyl sites for hydroxylation is 1. The predicted octanol–water partition coefficient (Wildman–Crippen LogP) is 1.17. The molecule has 3 N–H and O–H groups in total. The van der Waals surface area contributed by atoms with Crippen LogP contribution in [0.1, 0.15) is 11.6 Å². The molecule has 1 aromatic carbocycles. The van der Waals surface area contributed by atoms with Gasteiger partial charge in [-0.1, -0.05) is 6.07 Å². The maximum atomic E-state index is 8.94. The summed E-state index contributed by atoms with van der Waals surface area (Å²) in [5.74, 6) is 0. The van der Waals surface area contributed by atoms with E-state index >= 15 is 0 Å². The maximum Gasteiger partial charge on any atom is 0.0624 e. The third-order valence-electron chi connectivity index (χ3n) is 2.53. The Hall–Kier alpha value is -1.32. The Balaban J connectivity index is 2.52. The average Bonchev–Trinajstić information content (AvgIpc) is 2.59. The van der Waals surface area contributed by atoms with E-state index in [-0.39, 0.29) is 12.6 Å². The number of aromatic nitrogens is 1. The van der Waals surface area contributed by atoms with Crippen molar-refractivity contribution in [3.63, 3.8) is 0 Å². The van der Waals surface area contributed by atoms with Crippen LogP contribution in [0, 0.1) is 0 Å². The van der Waals surface area contributed by atoms with E-state index in [4.69, 9.17) is 10.8 Å². The quantitative estimate of drug-likeness (QED) is 0.747. The van der Waals surface area contributed by atoms with Gasteiger partial charge in [0.15, 0.2) is 0 Å². The van der Waals surface area contributed by atoms with Crippen LogP contribution in [-0.2, 0) is 7.05 Å². The molecule has 0 saturated heterocycles. The van der Waals surface area contributed by atoms with E-state index in [2.05, 4.69) is 4.57 Å². The second-order valence-corrected chi connectivity index (χ2v) is 3.53. The summed E-state index contributed by atoms with van der Waals surface area (Å²) in [5.41, 5.74) is 7.89. The summed E-state index contributed by atoms with van der Waals surface area (Å²) in [6.07, 6.45) is 2.01. The van der Waals surface area contributed by atoms with E-state index in [1.54, 1.807) is 0 Å². The molecular weight excluding hydrogens is 176 g/mol. The SMILES string of the molecule is Cn1ccc2cc([C@@H](N)CO)ccc21. The number of fused-ring (bicyclic) bond motifs is 1. The predicted molar refractivity (Wildman–Crippen MR) is 56.9 cm³/mol. The molecule has 0 aliphatic carbocycles. The van der Waals surface area contributed by atoms with Crippen LogP contribution in [0.25, 0.3) is 10.9 Å². The van der Waals surface area contributed by atoms with Crippen LogP contribution < -0.4 is 5.73 Å². The highest BCUT2D eigenvalue weighted by Crippen LogP contribution is 2.19. The Bertz CT molecular complexity index is 447. The highest BCUT2D eigenvalue weighted by atomic mass is 16.3. The lowest BCUT2D eigenvalue weighted by atomic mass is 10.1. The van der Waals surface area contributed by atoms with Crippen molar-refractivity contribution in [2.75, 3.05) is 6.61 Å². The molecule has 1 heterocycles. The second kappa shape index (κ2) is 3.44. The summed E-state index contributed by atoms with van der Waals surface area (Å²) >= 11 is 0. The van der Waals surface area contributed by atoms with Crippen LogP contribution in [0.2, 0.25) is 0 Å². The van der Waals surface area contributed by atoms with Crippen molar-refractivity contribution in [1.82, 2.24) is 4.57 Å². The molecule has 3 nitrogen and oxygen atoms in total. The Morgan fingerprint density at radius 2 is 2.21 bits per heavy atom. The third-order valence-corrected chi connectivity index (χ3v) is 2.53. The van der Waals surface area contributed by atoms with Crippen molar-refractivity contribution in [3.8, 4) is 0 Å². The van der Waals surface area contributed by atoms with Gasteiger partial charge in [-0.05, 0) is 29.1 Å². The molecule has 0 amide bonds. The summed E-state index contributed by atoms with van der Waals surface area (Å²) < 4.78 is 2.06. The first-order valence-electron chi connectivity index (χ1n) is 4.64. The minimum atomic E-state index is -0.278. The van der Waals surface area contributed by atoms with Gasteiger partial charge in [0.05, 0.1) is 12.6 Å². The van der Waals surface area contributed by atoms with E-state index in [0.29, 0.717) is 0 Å². The fourth-order valence-corrected chi connectivity index (χ4v) is 1.64. The second-order valence-electron chi connectivity index (χ2n) is 3.53. The van der Waals surface area contributed by atoms with Crippen LogP contribution in [0.15, 0.2) is 30.5 Å². The summed E-state index contributed by atoms with van der Waals surface area (Å²) in [5, 5.41) is 10.1. The van der Waals surface area contributed by atoms with Crippen LogP contribution in [0.4, 0.5) is 0 Å². The number of hydrogen-bond donors (Lipinski definition) is 2. The van der Waals surface area contributed by atoms with Crippen molar-refractivity contribution in [2.45, 2.75) is 6.04 Å². The van der Waals surface area contributed by atoms with Gasteiger partial charge in [0.1, 0.15) is 0 Å². The van der Waals surface area contributed by atoms with Gasteiger partial charge >= 0.3 is 0 Å². The molecule has 74 valence electrons. The fraction of sp³-hybridized carbons (Fsp3) is 0.273. The van der Waals surface area contributed by atoms with Crippen molar-refractivity contribution in [2.24, 2.45) is 12.8 Å². The van der Waals surface area contributed by atoms with Crippen molar-refractivity contribution in [1.29, 1.82) is 0 Å². The first-order valence-corrected chi connectivity index (χ1v) is 4.64. The van der Waals surface area contributed by atoms with Gasteiger partial charge in [-0.15, -0.1) is 0 Å². The summed E-state index contributed by atoms with van der Waals surface area (Å²) in [6, 6.07) is 7.78. The fourth-order valence-electron chi connectivity index (χ4n) is 1.64. The Morgan fingerprint density at radius 1 is 1.43 bits per heavy atom. The molecule has 0 radical (unpaired) electrons. The minimum absolute atomic E-state index is 0.0155. The monoisotopic (exact) mass is 190 g/mol. The number of benzene rings is 1. The number of aliphatic hydroxyl groups excluding tert-OH is 1. The van der Waals surface area contributed by atoms with Gasteiger partial charge in [-0.25, -0.2) is 0 Å². The number of rotatable bonds is 2. The van der Waals surface area contributed by atoms with E-state index < -0.39 is 0 Å². The zero-order valence-electron chi connectivity index (χ0n) is 8.14. The van der Waals surface area contributed by atoms with Crippen molar-refractivity contribution >= 4 is 10.9 Å². The highest BCUT2D eigenvalue weighted by Gasteiger charge is 2.05. The number of aliphatic hydroxyl groups is 1. The maximum absolute atomic E-state index is 8.94. The number of hydrogen-bond acceptors (Lipinski definition) is 2. The lowest BCUT2D eigenvalue weighted by molar-refractivity contribution is 0.268. The standard InChI is InChI=1S/C11H14N2O/c1-13-5-4-9-6-8(10(12)7-14)2-3-11(9)13/h2-6,10,14H,7,12H2,1H3/t10-/m0/s1. The van der Waals surface area contributed by atoms with Crippen LogP contribution in [0.3, 0.4) is 0 Å². The van der Waals surface area contributed by atoms with Crippen molar-refractivity contribution in [3.05, 3.63) is 36.0 Å². The lowest BCUT2D eigenvalue weighted by Crippen LogP contribution is -2.14. The zero-order chi connectivity index (χ0) is 10.1. The Kier molecular flexibility index (Phi) is 2.27. The largest absolute Gasteiger partial charge is 0.394 e.